The number of aliphatic hydroxyl groups excluding tert-OH is 1. The molecule has 1 amide bonds. The zero-order chi connectivity index (χ0) is 7.84. The lowest BCUT2D eigenvalue weighted by Crippen LogP contribution is -2.51. The van der Waals surface area contributed by atoms with E-state index in [2.05, 4.69) is 0 Å². The van der Waals surface area contributed by atoms with Gasteiger partial charge < -0.3 is 10.0 Å². The van der Waals surface area contributed by atoms with E-state index < -0.39 is 0 Å². The number of carbonyl (C=O) groups is 1. The van der Waals surface area contributed by atoms with E-state index in [4.69, 9.17) is 5.11 Å². The summed E-state index contributed by atoms with van der Waals surface area (Å²) in [5.41, 5.74) is 0. The normalized spacial score (nSPS) is 25.0. The maximum atomic E-state index is 10.9. The fourth-order valence-corrected chi connectivity index (χ4v) is 1.68. The van der Waals surface area contributed by atoms with Crippen LogP contribution >= 0.6 is 0 Å². The Morgan fingerprint density at radius 3 is 2.45 bits per heavy atom. The third-order valence-corrected chi connectivity index (χ3v) is 2.69. The lowest BCUT2D eigenvalue weighted by atomic mass is 9.95. The van der Waals surface area contributed by atoms with Gasteiger partial charge in [0.1, 0.15) is 6.61 Å². The summed E-state index contributed by atoms with van der Waals surface area (Å²) in [6, 6.07) is 0. The molecule has 1 aliphatic heterocycles. The standard InChI is InChI=1S/C8H13NO2/c10-5-8(11)9-3-7(4-9)6-1-2-6/h6-7,10H,1-5H2. The number of carbonyl (C=O) groups excluding carboxylic acids is 1. The van der Waals surface area contributed by atoms with E-state index in [1.165, 1.54) is 12.8 Å². The fourth-order valence-electron chi connectivity index (χ4n) is 1.68. The lowest BCUT2D eigenvalue weighted by Gasteiger charge is -2.39. The number of hydrogen-bond donors (Lipinski definition) is 1. The average Bonchev–Trinajstić information content (AvgIpc) is 2.67. The number of rotatable bonds is 2. The second kappa shape index (κ2) is 2.48. The molecule has 0 bridgehead atoms. The number of hydrogen-bond acceptors (Lipinski definition) is 2. The summed E-state index contributed by atoms with van der Waals surface area (Å²) < 4.78 is 0. The van der Waals surface area contributed by atoms with Crippen LogP contribution in [0, 0.1) is 11.8 Å². The summed E-state index contributed by atoms with van der Waals surface area (Å²) in [5, 5.41) is 8.52. The van der Waals surface area contributed by atoms with Crippen LogP contribution in [0.5, 0.6) is 0 Å². The highest BCUT2D eigenvalue weighted by Crippen LogP contribution is 2.41. The number of amides is 1. The molecule has 0 radical (unpaired) electrons. The zero-order valence-electron chi connectivity index (χ0n) is 6.49. The minimum Gasteiger partial charge on any atom is -0.387 e. The maximum absolute atomic E-state index is 10.9. The van der Waals surface area contributed by atoms with Gasteiger partial charge in [0, 0.05) is 13.1 Å². The largest absolute Gasteiger partial charge is 0.387 e. The van der Waals surface area contributed by atoms with Crippen LogP contribution in [0.1, 0.15) is 12.8 Å². The zero-order valence-corrected chi connectivity index (χ0v) is 6.49. The summed E-state index contributed by atoms with van der Waals surface area (Å²) in [7, 11) is 0. The van der Waals surface area contributed by atoms with Crippen molar-refractivity contribution >= 4 is 5.91 Å². The van der Waals surface area contributed by atoms with E-state index in [0.29, 0.717) is 0 Å². The third kappa shape index (κ3) is 1.25. The van der Waals surface area contributed by atoms with E-state index in [1.807, 2.05) is 0 Å². The second-order valence-corrected chi connectivity index (χ2v) is 3.55. The number of aliphatic hydroxyl groups is 1. The first-order valence-corrected chi connectivity index (χ1v) is 4.20. The van der Waals surface area contributed by atoms with Gasteiger partial charge in [-0.25, -0.2) is 0 Å². The molecule has 1 saturated carbocycles. The quantitative estimate of drug-likeness (QED) is 0.602. The predicted octanol–water partition coefficient (Wildman–Crippen LogP) is -0.153. The monoisotopic (exact) mass is 155 g/mol. The highest BCUT2D eigenvalue weighted by Gasteiger charge is 2.40. The van der Waals surface area contributed by atoms with Crippen molar-refractivity contribution < 1.29 is 9.90 Å². The van der Waals surface area contributed by atoms with Crippen molar-refractivity contribution in [1.29, 1.82) is 0 Å². The van der Waals surface area contributed by atoms with Crippen LogP contribution in [-0.2, 0) is 4.79 Å². The summed E-state index contributed by atoms with van der Waals surface area (Å²) in [5.74, 6) is 1.55. The van der Waals surface area contributed by atoms with Crippen LogP contribution in [0.15, 0.2) is 0 Å². The number of likely N-dealkylation sites (tertiary alicyclic amines) is 1. The van der Waals surface area contributed by atoms with E-state index in [9.17, 15) is 4.79 Å². The highest BCUT2D eigenvalue weighted by atomic mass is 16.3. The maximum Gasteiger partial charge on any atom is 0.248 e. The van der Waals surface area contributed by atoms with Gasteiger partial charge in [-0.05, 0) is 24.7 Å². The molecular formula is C8H13NO2. The van der Waals surface area contributed by atoms with Gasteiger partial charge in [-0.1, -0.05) is 0 Å². The van der Waals surface area contributed by atoms with Crippen molar-refractivity contribution in [2.24, 2.45) is 11.8 Å². The Labute approximate surface area is 66.0 Å². The summed E-state index contributed by atoms with van der Waals surface area (Å²) in [6.07, 6.45) is 2.71. The predicted molar refractivity (Wildman–Crippen MR) is 39.9 cm³/mol. The lowest BCUT2D eigenvalue weighted by molar-refractivity contribution is -0.141. The van der Waals surface area contributed by atoms with E-state index >= 15 is 0 Å². The van der Waals surface area contributed by atoms with Gasteiger partial charge in [-0.3, -0.25) is 4.79 Å². The molecule has 3 heteroatoms. The Balaban J connectivity index is 1.74. The molecular weight excluding hydrogens is 142 g/mol. The summed E-state index contributed by atoms with van der Waals surface area (Å²) in [4.78, 5) is 12.6. The Bertz CT molecular complexity index is 171. The molecule has 0 atom stereocenters. The number of nitrogens with zero attached hydrogens (tertiary/aromatic N) is 1. The topological polar surface area (TPSA) is 40.5 Å². The van der Waals surface area contributed by atoms with Crippen molar-refractivity contribution in [3.8, 4) is 0 Å². The van der Waals surface area contributed by atoms with Gasteiger partial charge in [0.25, 0.3) is 0 Å². The minimum atomic E-state index is -0.322. The van der Waals surface area contributed by atoms with Gasteiger partial charge in [0.2, 0.25) is 5.91 Å². The molecule has 0 spiro atoms. The van der Waals surface area contributed by atoms with Crippen LogP contribution in [-0.4, -0.2) is 35.6 Å². The summed E-state index contributed by atoms with van der Waals surface area (Å²) >= 11 is 0. The molecule has 3 nitrogen and oxygen atoms in total. The first kappa shape index (κ1) is 7.10. The second-order valence-electron chi connectivity index (χ2n) is 3.55. The Morgan fingerprint density at radius 1 is 1.36 bits per heavy atom. The molecule has 2 rings (SSSR count). The van der Waals surface area contributed by atoms with Crippen molar-refractivity contribution in [3.63, 3.8) is 0 Å². The molecule has 1 saturated heterocycles. The van der Waals surface area contributed by atoms with Gasteiger partial charge >= 0.3 is 0 Å². The first-order valence-electron chi connectivity index (χ1n) is 4.20. The highest BCUT2D eigenvalue weighted by molar-refractivity contribution is 5.77. The van der Waals surface area contributed by atoms with E-state index in [0.717, 1.165) is 24.9 Å². The van der Waals surface area contributed by atoms with Crippen molar-refractivity contribution in [1.82, 2.24) is 4.90 Å². The smallest absolute Gasteiger partial charge is 0.248 e. The van der Waals surface area contributed by atoms with Gasteiger partial charge in [-0.15, -0.1) is 0 Å². The molecule has 1 heterocycles. The molecule has 11 heavy (non-hydrogen) atoms. The Kier molecular flexibility index (Phi) is 1.60. The molecule has 1 N–H and O–H groups in total. The molecule has 62 valence electrons. The molecule has 0 aromatic carbocycles. The Morgan fingerprint density at radius 2 is 2.00 bits per heavy atom. The molecule has 2 fully saturated rings. The van der Waals surface area contributed by atoms with Gasteiger partial charge in [-0.2, -0.15) is 0 Å². The minimum absolute atomic E-state index is 0.109. The van der Waals surface area contributed by atoms with E-state index in [1.54, 1.807) is 4.90 Å². The van der Waals surface area contributed by atoms with Crippen LogP contribution < -0.4 is 0 Å². The van der Waals surface area contributed by atoms with Gasteiger partial charge in [0.15, 0.2) is 0 Å². The SMILES string of the molecule is O=C(CO)N1CC(C2CC2)C1. The molecule has 0 aromatic rings. The third-order valence-electron chi connectivity index (χ3n) is 2.69. The fraction of sp³-hybridized carbons (Fsp3) is 0.875. The van der Waals surface area contributed by atoms with Crippen LogP contribution in [0.25, 0.3) is 0 Å². The van der Waals surface area contributed by atoms with Crippen LogP contribution in [0.3, 0.4) is 0 Å². The molecule has 2 aliphatic rings. The first-order chi connectivity index (χ1) is 5.31. The van der Waals surface area contributed by atoms with Crippen LogP contribution in [0.4, 0.5) is 0 Å². The van der Waals surface area contributed by atoms with Crippen molar-refractivity contribution in [3.05, 3.63) is 0 Å². The summed E-state index contributed by atoms with van der Waals surface area (Å²) in [6.45, 7) is 1.46. The van der Waals surface area contributed by atoms with E-state index in [-0.39, 0.29) is 12.5 Å². The average molecular weight is 155 g/mol. The van der Waals surface area contributed by atoms with Gasteiger partial charge in [0.05, 0.1) is 0 Å². The molecule has 1 aliphatic carbocycles. The van der Waals surface area contributed by atoms with Crippen molar-refractivity contribution in [2.75, 3.05) is 19.7 Å². The molecule has 0 unspecified atom stereocenters. The Hall–Kier alpha value is -0.570. The van der Waals surface area contributed by atoms with Crippen LogP contribution in [0.2, 0.25) is 0 Å². The molecule has 0 aromatic heterocycles. The van der Waals surface area contributed by atoms with Crippen molar-refractivity contribution in [2.45, 2.75) is 12.8 Å².